The number of imidazole rings is 1. The molecular formula is C13H16FN3. The summed E-state index contributed by atoms with van der Waals surface area (Å²) in [5.74, 6) is 1.40. The van der Waals surface area contributed by atoms with E-state index in [-0.39, 0.29) is 5.82 Å². The molecule has 0 atom stereocenters. The van der Waals surface area contributed by atoms with E-state index in [0.29, 0.717) is 12.5 Å². The Kier molecular flexibility index (Phi) is 2.59. The van der Waals surface area contributed by atoms with Crippen molar-refractivity contribution in [2.75, 3.05) is 6.54 Å². The molecule has 0 spiro atoms. The molecule has 3 rings (SSSR count). The zero-order valence-electron chi connectivity index (χ0n) is 9.69. The van der Waals surface area contributed by atoms with Gasteiger partial charge in [0.1, 0.15) is 11.6 Å². The standard InChI is InChI=1S/C13H16FN3/c14-10-4-5-12-11(8-10)16-13(9-2-1-3-9)17(12)7-6-15/h4-5,8-9H,1-3,6-7,15H2. The lowest BCUT2D eigenvalue weighted by atomic mass is 9.85. The van der Waals surface area contributed by atoms with Crippen LogP contribution in [0.15, 0.2) is 18.2 Å². The lowest BCUT2D eigenvalue weighted by Gasteiger charge is -2.25. The Bertz CT molecular complexity index is 543. The van der Waals surface area contributed by atoms with Crippen LogP contribution in [-0.2, 0) is 6.54 Å². The average molecular weight is 233 g/mol. The minimum atomic E-state index is -0.227. The number of nitrogens with two attached hydrogens (primary N) is 1. The molecule has 1 aliphatic rings. The second-order valence-electron chi connectivity index (χ2n) is 4.67. The minimum Gasteiger partial charge on any atom is -0.329 e. The second-order valence-corrected chi connectivity index (χ2v) is 4.67. The van der Waals surface area contributed by atoms with Crippen molar-refractivity contribution in [2.24, 2.45) is 5.73 Å². The van der Waals surface area contributed by atoms with Crippen molar-refractivity contribution < 1.29 is 4.39 Å². The fraction of sp³-hybridized carbons (Fsp3) is 0.462. The van der Waals surface area contributed by atoms with Crippen molar-refractivity contribution in [3.05, 3.63) is 29.8 Å². The topological polar surface area (TPSA) is 43.8 Å². The van der Waals surface area contributed by atoms with Crippen molar-refractivity contribution in [2.45, 2.75) is 31.7 Å². The van der Waals surface area contributed by atoms with Crippen molar-refractivity contribution in [1.82, 2.24) is 9.55 Å². The Morgan fingerprint density at radius 1 is 1.41 bits per heavy atom. The van der Waals surface area contributed by atoms with Crippen molar-refractivity contribution in [3.8, 4) is 0 Å². The number of fused-ring (bicyclic) bond motifs is 1. The summed E-state index contributed by atoms with van der Waals surface area (Å²) in [6.45, 7) is 1.34. The van der Waals surface area contributed by atoms with E-state index < -0.39 is 0 Å². The van der Waals surface area contributed by atoms with E-state index in [9.17, 15) is 4.39 Å². The first kappa shape index (κ1) is 10.7. The van der Waals surface area contributed by atoms with E-state index in [1.54, 1.807) is 6.07 Å². The largest absolute Gasteiger partial charge is 0.329 e. The van der Waals surface area contributed by atoms with Gasteiger partial charge in [0.15, 0.2) is 0 Å². The lowest BCUT2D eigenvalue weighted by Crippen LogP contribution is -2.18. The Labute approximate surface area is 99.4 Å². The van der Waals surface area contributed by atoms with E-state index in [2.05, 4.69) is 9.55 Å². The number of nitrogens with zero attached hydrogens (tertiary/aromatic N) is 2. The van der Waals surface area contributed by atoms with Crippen molar-refractivity contribution in [1.29, 1.82) is 0 Å². The van der Waals surface area contributed by atoms with Gasteiger partial charge in [-0.25, -0.2) is 9.37 Å². The van der Waals surface area contributed by atoms with Gasteiger partial charge in [0.05, 0.1) is 11.0 Å². The average Bonchev–Trinajstić information content (AvgIpc) is 2.55. The third kappa shape index (κ3) is 1.72. The quantitative estimate of drug-likeness (QED) is 0.884. The summed E-state index contributed by atoms with van der Waals surface area (Å²) >= 11 is 0. The molecule has 2 N–H and O–H groups in total. The van der Waals surface area contributed by atoms with Crippen LogP contribution < -0.4 is 5.73 Å². The normalized spacial score (nSPS) is 16.4. The summed E-state index contributed by atoms with van der Waals surface area (Å²) in [5.41, 5.74) is 7.40. The maximum atomic E-state index is 13.2. The van der Waals surface area contributed by atoms with Gasteiger partial charge in [-0.05, 0) is 25.0 Å². The van der Waals surface area contributed by atoms with Crippen LogP contribution >= 0.6 is 0 Å². The van der Waals surface area contributed by atoms with Crippen LogP contribution in [0, 0.1) is 5.82 Å². The van der Waals surface area contributed by atoms with E-state index in [1.165, 1.54) is 31.4 Å². The molecule has 1 aromatic heterocycles. The molecule has 0 aliphatic heterocycles. The number of rotatable bonds is 3. The molecule has 4 heteroatoms. The Morgan fingerprint density at radius 3 is 2.88 bits per heavy atom. The van der Waals surface area contributed by atoms with Crippen LogP contribution in [-0.4, -0.2) is 16.1 Å². The summed E-state index contributed by atoms with van der Waals surface area (Å²) in [4.78, 5) is 4.58. The first-order valence-corrected chi connectivity index (χ1v) is 6.15. The zero-order chi connectivity index (χ0) is 11.8. The fourth-order valence-electron chi connectivity index (χ4n) is 2.46. The number of hydrogen-bond donors (Lipinski definition) is 1. The molecule has 2 aromatic rings. The predicted octanol–water partition coefficient (Wildman–Crippen LogP) is 2.40. The van der Waals surface area contributed by atoms with E-state index in [0.717, 1.165) is 23.4 Å². The smallest absolute Gasteiger partial charge is 0.125 e. The van der Waals surface area contributed by atoms with Crippen molar-refractivity contribution in [3.63, 3.8) is 0 Å². The second kappa shape index (κ2) is 4.11. The third-order valence-electron chi connectivity index (χ3n) is 3.56. The molecule has 1 aromatic carbocycles. The van der Waals surface area contributed by atoms with Gasteiger partial charge < -0.3 is 10.3 Å². The third-order valence-corrected chi connectivity index (χ3v) is 3.56. The zero-order valence-corrected chi connectivity index (χ0v) is 9.69. The number of aromatic nitrogens is 2. The molecule has 0 radical (unpaired) electrons. The molecule has 1 heterocycles. The number of hydrogen-bond acceptors (Lipinski definition) is 2. The minimum absolute atomic E-state index is 0.227. The van der Waals surface area contributed by atoms with E-state index in [1.807, 2.05) is 0 Å². The van der Waals surface area contributed by atoms with Gasteiger partial charge in [-0.15, -0.1) is 0 Å². The highest BCUT2D eigenvalue weighted by atomic mass is 19.1. The molecule has 1 fully saturated rings. The molecule has 90 valence electrons. The Balaban J connectivity index is 2.14. The maximum absolute atomic E-state index is 13.2. The van der Waals surface area contributed by atoms with Crippen LogP contribution in [0.5, 0.6) is 0 Å². The van der Waals surface area contributed by atoms with Crippen LogP contribution in [0.2, 0.25) is 0 Å². The summed E-state index contributed by atoms with van der Waals surface area (Å²) in [6, 6.07) is 4.79. The molecule has 1 aliphatic carbocycles. The first-order chi connectivity index (χ1) is 8.29. The first-order valence-electron chi connectivity index (χ1n) is 6.15. The van der Waals surface area contributed by atoms with Gasteiger partial charge in [0.25, 0.3) is 0 Å². The van der Waals surface area contributed by atoms with Gasteiger partial charge in [-0.3, -0.25) is 0 Å². The Morgan fingerprint density at radius 2 is 2.24 bits per heavy atom. The van der Waals surface area contributed by atoms with Gasteiger partial charge in [-0.2, -0.15) is 0 Å². The van der Waals surface area contributed by atoms with Gasteiger partial charge >= 0.3 is 0 Å². The van der Waals surface area contributed by atoms with Crippen molar-refractivity contribution >= 4 is 11.0 Å². The molecule has 1 saturated carbocycles. The number of benzene rings is 1. The van der Waals surface area contributed by atoms with Crippen LogP contribution in [0.25, 0.3) is 11.0 Å². The lowest BCUT2D eigenvalue weighted by molar-refractivity contribution is 0.389. The highest BCUT2D eigenvalue weighted by molar-refractivity contribution is 5.76. The monoisotopic (exact) mass is 233 g/mol. The summed E-state index contributed by atoms with van der Waals surface area (Å²) in [6.07, 6.45) is 3.65. The van der Waals surface area contributed by atoms with Gasteiger partial charge in [0, 0.05) is 25.1 Å². The van der Waals surface area contributed by atoms with Crippen LogP contribution in [0.1, 0.15) is 31.0 Å². The van der Waals surface area contributed by atoms with Gasteiger partial charge in [-0.1, -0.05) is 6.42 Å². The summed E-state index contributed by atoms with van der Waals surface area (Å²) in [5, 5.41) is 0. The molecule has 17 heavy (non-hydrogen) atoms. The number of halogens is 1. The SMILES string of the molecule is NCCn1c(C2CCC2)nc2cc(F)ccc21. The molecular weight excluding hydrogens is 217 g/mol. The maximum Gasteiger partial charge on any atom is 0.125 e. The van der Waals surface area contributed by atoms with E-state index >= 15 is 0 Å². The summed E-state index contributed by atoms with van der Waals surface area (Å²) in [7, 11) is 0. The van der Waals surface area contributed by atoms with E-state index in [4.69, 9.17) is 5.73 Å². The highest BCUT2D eigenvalue weighted by Crippen LogP contribution is 2.37. The summed E-state index contributed by atoms with van der Waals surface area (Å²) < 4.78 is 15.3. The predicted molar refractivity (Wildman–Crippen MR) is 65.3 cm³/mol. The van der Waals surface area contributed by atoms with Crippen LogP contribution in [0.4, 0.5) is 4.39 Å². The molecule has 0 unspecified atom stereocenters. The fourth-order valence-corrected chi connectivity index (χ4v) is 2.46. The molecule has 3 nitrogen and oxygen atoms in total. The molecule has 0 amide bonds. The molecule has 0 saturated heterocycles. The highest BCUT2D eigenvalue weighted by Gasteiger charge is 2.25. The molecule has 0 bridgehead atoms. The van der Waals surface area contributed by atoms with Gasteiger partial charge in [0.2, 0.25) is 0 Å². The van der Waals surface area contributed by atoms with Crippen LogP contribution in [0.3, 0.4) is 0 Å². The Hall–Kier alpha value is -1.42.